The normalized spacial score (nSPS) is 16.0. The van der Waals surface area contributed by atoms with Crippen LogP contribution in [0.1, 0.15) is 43.8 Å². The summed E-state index contributed by atoms with van der Waals surface area (Å²) in [5, 5.41) is 9.66. The van der Waals surface area contributed by atoms with E-state index in [1.165, 1.54) is 23.1 Å². The molecule has 2 aromatic rings. The van der Waals surface area contributed by atoms with Gasteiger partial charge in [-0.3, -0.25) is 9.36 Å². The molecule has 1 aliphatic carbocycles. The third kappa shape index (κ3) is 2.82. The zero-order valence-corrected chi connectivity index (χ0v) is 11.6. The van der Waals surface area contributed by atoms with E-state index in [0.29, 0.717) is 11.5 Å². The van der Waals surface area contributed by atoms with Crippen molar-refractivity contribution in [2.45, 2.75) is 38.0 Å². The van der Waals surface area contributed by atoms with Crippen molar-refractivity contribution in [1.29, 1.82) is 0 Å². The molecular weight excluding hydrogens is 271 g/mol. The van der Waals surface area contributed by atoms with Crippen LogP contribution in [-0.4, -0.2) is 14.7 Å². The highest BCUT2D eigenvalue weighted by molar-refractivity contribution is 5.34. The van der Waals surface area contributed by atoms with Crippen molar-refractivity contribution >= 4 is 0 Å². The van der Waals surface area contributed by atoms with Crippen LogP contribution in [-0.2, 0) is 0 Å². The van der Waals surface area contributed by atoms with Crippen molar-refractivity contribution in [2.24, 2.45) is 0 Å². The van der Waals surface area contributed by atoms with Crippen molar-refractivity contribution in [2.75, 3.05) is 0 Å². The molecule has 1 aromatic carbocycles. The van der Waals surface area contributed by atoms with Gasteiger partial charge in [-0.15, -0.1) is 0 Å². The molecule has 4 nitrogen and oxygen atoms in total. The van der Waals surface area contributed by atoms with Crippen LogP contribution >= 0.6 is 0 Å². The molecule has 5 heteroatoms. The molecule has 0 atom stereocenters. The van der Waals surface area contributed by atoms with Crippen molar-refractivity contribution in [3.8, 4) is 11.6 Å². The van der Waals surface area contributed by atoms with Gasteiger partial charge < -0.3 is 5.11 Å². The molecule has 1 saturated carbocycles. The van der Waals surface area contributed by atoms with E-state index in [9.17, 15) is 14.3 Å². The SMILES string of the molecule is O=c1cc(O)nc(C2CCCCC2)n1-c1ccc(F)cc1. The van der Waals surface area contributed by atoms with Gasteiger partial charge in [-0.1, -0.05) is 19.3 Å². The summed E-state index contributed by atoms with van der Waals surface area (Å²) in [6.45, 7) is 0. The predicted molar refractivity (Wildman–Crippen MR) is 77.3 cm³/mol. The molecular formula is C16H17FN2O2. The molecule has 0 unspecified atom stereocenters. The molecule has 1 aliphatic rings. The Balaban J connectivity index is 2.13. The van der Waals surface area contributed by atoms with Crippen LogP contribution in [0.3, 0.4) is 0 Å². The fraction of sp³-hybridized carbons (Fsp3) is 0.375. The number of benzene rings is 1. The van der Waals surface area contributed by atoms with E-state index in [1.807, 2.05) is 0 Å². The van der Waals surface area contributed by atoms with Gasteiger partial charge in [0.2, 0.25) is 5.88 Å². The van der Waals surface area contributed by atoms with Crippen molar-refractivity contribution in [3.05, 3.63) is 52.3 Å². The second-order valence-corrected chi connectivity index (χ2v) is 5.46. The molecule has 1 heterocycles. The van der Waals surface area contributed by atoms with Crippen LogP contribution in [0.2, 0.25) is 0 Å². The van der Waals surface area contributed by atoms with Gasteiger partial charge in [0, 0.05) is 5.92 Å². The summed E-state index contributed by atoms with van der Waals surface area (Å²) in [5.41, 5.74) is 0.240. The van der Waals surface area contributed by atoms with E-state index in [0.717, 1.165) is 31.7 Å². The maximum absolute atomic E-state index is 13.1. The summed E-state index contributed by atoms with van der Waals surface area (Å²) in [6.07, 6.45) is 5.30. The van der Waals surface area contributed by atoms with Gasteiger partial charge >= 0.3 is 0 Å². The van der Waals surface area contributed by atoms with Crippen molar-refractivity contribution in [3.63, 3.8) is 0 Å². The Morgan fingerprint density at radius 1 is 1.14 bits per heavy atom. The van der Waals surface area contributed by atoms with E-state index in [1.54, 1.807) is 12.1 Å². The molecule has 0 saturated heterocycles. The fourth-order valence-electron chi connectivity index (χ4n) is 2.97. The first kappa shape index (κ1) is 13.8. The average Bonchev–Trinajstić information content (AvgIpc) is 2.49. The number of hydrogen-bond acceptors (Lipinski definition) is 3. The minimum atomic E-state index is -0.349. The second kappa shape index (κ2) is 5.68. The Bertz CT molecular complexity index is 688. The number of aromatic hydroxyl groups is 1. The van der Waals surface area contributed by atoms with Gasteiger partial charge in [-0.05, 0) is 37.1 Å². The minimum Gasteiger partial charge on any atom is -0.493 e. The first-order valence-corrected chi connectivity index (χ1v) is 7.24. The smallest absolute Gasteiger partial charge is 0.261 e. The Hall–Kier alpha value is -2.17. The lowest BCUT2D eigenvalue weighted by Crippen LogP contribution is -2.25. The lowest BCUT2D eigenvalue weighted by atomic mass is 9.88. The van der Waals surface area contributed by atoms with Crippen LogP contribution in [0.25, 0.3) is 5.69 Å². The van der Waals surface area contributed by atoms with Crippen LogP contribution < -0.4 is 5.56 Å². The monoisotopic (exact) mass is 288 g/mol. The van der Waals surface area contributed by atoms with Crippen molar-refractivity contribution in [1.82, 2.24) is 9.55 Å². The number of nitrogens with zero attached hydrogens (tertiary/aromatic N) is 2. The second-order valence-electron chi connectivity index (χ2n) is 5.46. The largest absolute Gasteiger partial charge is 0.493 e. The zero-order valence-electron chi connectivity index (χ0n) is 11.6. The van der Waals surface area contributed by atoms with E-state index in [4.69, 9.17) is 0 Å². The highest BCUT2D eigenvalue weighted by Crippen LogP contribution is 2.32. The number of rotatable bonds is 2. The fourth-order valence-corrected chi connectivity index (χ4v) is 2.97. The van der Waals surface area contributed by atoms with Crippen LogP contribution in [0.4, 0.5) is 4.39 Å². The Labute approximate surface area is 121 Å². The summed E-state index contributed by atoms with van der Waals surface area (Å²) in [7, 11) is 0. The third-order valence-electron chi connectivity index (χ3n) is 3.99. The molecule has 0 amide bonds. The molecule has 3 rings (SSSR count). The Morgan fingerprint density at radius 2 is 1.81 bits per heavy atom. The van der Waals surface area contributed by atoms with E-state index < -0.39 is 0 Å². The lowest BCUT2D eigenvalue weighted by molar-refractivity contribution is 0.402. The summed E-state index contributed by atoms with van der Waals surface area (Å²) in [6, 6.07) is 6.85. The first-order valence-electron chi connectivity index (χ1n) is 7.24. The molecule has 1 aromatic heterocycles. The van der Waals surface area contributed by atoms with Crippen LogP contribution in [0, 0.1) is 5.82 Å². The van der Waals surface area contributed by atoms with E-state index >= 15 is 0 Å². The highest BCUT2D eigenvalue weighted by Gasteiger charge is 2.22. The molecule has 1 N–H and O–H groups in total. The van der Waals surface area contributed by atoms with E-state index in [-0.39, 0.29) is 23.2 Å². The predicted octanol–water partition coefficient (Wildman–Crippen LogP) is 3.12. The average molecular weight is 288 g/mol. The topological polar surface area (TPSA) is 55.1 Å². The molecule has 0 aliphatic heterocycles. The van der Waals surface area contributed by atoms with Gasteiger partial charge in [-0.25, -0.2) is 4.39 Å². The summed E-state index contributed by atoms with van der Waals surface area (Å²) in [4.78, 5) is 16.4. The molecule has 0 radical (unpaired) electrons. The van der Waals surface area contributed by atoms with Gasteiger partial charge in [0.25, 0.3) is 5.56 Å². The molecule has 21 heavy (non-hydrogen) atoms. The Kier molecular flexibility index (Phi) is 3.73. The van der Waals surface area contributed by atoms with Gasteiger partial charge in [0.1, 0.15) is 11.6 Å². The quantitative estimate of drug-likeness (QED) is 0.923. The summed E-state index contributed by atoms with van der Waals surface area (Å²) < 4.78 is 14.6. The number of halogens is 1. The maximum Gasteiger partial charge on any atom is 0.261 e. The van der Waals surface area contributed by atoms with E-state index in [2.05, 4.69) is 4.98 Å². The van der Waals surface area contributed by atoms with Gasteiger partial charge in [0.15, 0.2) is 0 Å². The van der Waals surface area contributed by atoms with Crippen LogP contribution in [0.15, 0.2) is 35.1 Å². The minimum absolute atomic E-state index is 0.156. The van der Waals surface area contributed by atoms with Gasteiger partial charge in [0.05, 0.1) is 11.8 Å². The Morgan fingerprint density at radius 3 is 2.48 bits per heavy atom. The van der Waals surface area contributed by atoms with Gasteiger partial charge in [-0.2, -0.15) is 4.98 Å². The highest BCUT2D eigenvalue weighted by atomic mass is 19.1. The first-order chi connectivity index (χ1) is 10.1. The maximum atomic E-state index is 13.1. The van der Waals surface area contributed by atoms with Crippen molar-refractivity contribution < 1.29 is 9.50 Å². The summed E-state index contributed by atoms with van der Waals surface area (Å²) in [5.74, 6) is 0.131. The third-order valence-corrected chi connectivity index (χ3v) is 3.99. The van der Waals surface area contributed by atoms with Crippen LogP contribution in [0.5, 0.6) is 5.88 Å². The summed E-state index contributed by atoms with van der Waals surface area (Å²) >= 11 is 0. The number of aromatic nitrogens is 2. The number of hydrogen-bond donors (Lipinski definition) is 1. The standard InChI is InChI=1S/C16H17FN2O2/c17-12-6-8-13(9-7-12)19-15(21)10-14(20)18-16(19)11-4-2-1-3-5-11/h6-11,20H,1-5H2. The zero-order chi connectivity index (χ0) is 14.8. The lowest BCUT2D eigenvalue weighted by Gasteiger charge is -2.24. The molecule has 110 valence electrons. The molecule has 0 bridgehead atoms. The molecule has 1 fully saturated rings. The molecule has 0 spiro atoms.